The van der Waals surface area contributed by atoms with E-state index in [1.807, 2.05) is 42.5 Å². The summed E-state index contributed by atoms with van der Waals surface area (Å²) in [6.45, 7) is 1.23. The van der Waals surface area contributed by atoms with Gasteiger partial charge in [0.1, 0.15) is 25.6 Å². The van der Waals surface area contributed by atoms with Crippen molar-refractivity contribution in [3.05, 3.63) is 88.4 Å². The third-order valence-electron chi connectivity index (χ3n) is 6.11. The van der Waals surface area contributed by atoms with Crippen molar-refractivity contribution >= 4 is 35.4 Å². The van der Waals surface area contributed by atoms with Crippen molar-refractivity contribution in [1.29, 1.82) is 0 Å². The van der Waals surface area contributed by atoms with Crippen LogP contribution in [0.5, 0.6) is 11.5 Å². The number of fused-ring (bicyclic) bond motifs is 1. The molecule has 0 bridgehead atoms. The molecule has 3 aromatic rings. The number of hydrogen-bond acceptors (Lipinski definition) is 8. The summed E-state index contributed by atoms with van der Waals surface area (Å²) < 4.78 is 11.1. The number of ether oxygens (including phenoxy) is 2. The summed E-state index contributed by atoms with van der Waals surface area (Å²) in [6.07, 6.45) is 2.46. The summed E-state index contributed by atoms with van der Waals surface area (Å²) in [5, 5.41) is 12.1. The van der Waals surface area contributed by atoms with Crippen LogP contribution in [0.15, 0.2) is 71.8 Å². The number of benzene rings is 3. The molecule has 0 aliphatic carbocycles. The molecular formula is C27H27ClN6O4. The molecular weight excluding hydrogens is 508 g/mol. The first-order valence-electron chi connectivity index (χ1n) is 12.2. The van der Waals surface area contributed by atoms with Gasteiger partial charge in [-0.05, 0) is 53.9 Å². The van der Waals surface area contributed by atoms with Gasteiger partial charge in [0.15, 0.2) is 11.5 Å². The van der Waals surface area contributed by atoms with Crippen molar-refractivity contribution in [2.75, 3.05) is 24.8 Å². The number of hydrogen-bond donors (Lipinski definition) is 4. The van der Waals surface area contributed by atoms with E-state index < -0.39 is 6.04 Å². The van der Waals surface area contributed by atoms with Crippen LogP contribution in [0.25, 0.3) is 0 Å². The molecule has 5 rings (SSSR count). The number of nitrogens with zero attached hydrogens (tertiary/aromatic N) is 2. The molecule has 2 aliphatic heterocycles. The van der Waals surface area contributed by atoms with Crippen molar-refractivity contribution in [3.8, 4) is 11.5 Å². The number of anilines is 1. The Labute approximate surface area is 224 Å². The standard InChI is InChI=1S/C27H27ClN6O4/c28-21-7-8-23(34-17-30-32-33-34)19(15-21)10-11-29-27(36)22(14-18-4-2-1-3-5-18)31-26(35)20-6-9-24-25(16-20)38-13-12-37-24/h1-9,15-17,22,32-33H,10-14H2,(H,29,36)(H,31,35)/t22-/m0/s1. The largest absolute Gasteiger partial charge is 0.486 e. The number of halogens is 1. The average Bonchev–Trinajstić information content (AvgIpc) is 3.48. The van der Waals surface area contributed by atoms with Gasteiger partial charge in [-0.2, -0.15) is 5.10 Å². The summed E-state index contributed by atoms with van der Waals surface area (Å²) >= 11 is 6.23. The number of hydrazine groups is 2. The van der Waals surface area contributed by atoms with E-state index in [4.69, 9.17) is 21.1 Å². The zero-order valence-electron chi connectivity index (χ0n) is 20.4. The highest BCUT2D eigenvalue weighted by Crippen LogP contribution is 2.30. The quantitative estimate of drug-likeness (QED) is 0.333. The smallest absolute Gasteiger partial charge is 0.252 e. The number of nitrogens with one attached hydrogen (secondary N) is 4. The lowest BCUT2D eigenvalue weighted by atomic mass is 10.0. The molecule has 0 saturated carbocycles. The first-order valence-corrected chi connectivity index (χ1v) is 12.6. The second-order valence-electron chi connectivity index (χ2n) is 8.73. The maximum absolute atomic E-state index is 13.3. The van der Waals surface area contributed by atoms with Gasteiger partial charge in [-0.3, -0.25) is 9.59 Å². The predicted octanol–water partition coefficient (Wildman–Crippen LogP) is 2.58. The van der Waals surface area contributed by atoms with Crippen LogP contribution < -0.4 is 36.2 Å². The minimum atomic E-state index is -0.784. The van der Waals surface area contributed by atoms with Gasteiger partial charge in [0.05, 0.1) is 5.69 Å². The topological polar surface area (TPSA) is 116 Å². The maximum atomic E-state index is 13.3. The third kappa shape index (κ3) is 6.16. The molecule has 0 unspecified atom stereocenters. The molecule has 1 atom stereocenters. The third-order valence-corrected chi connectivity index (χ3v) is 6.35. The van der Waals surface area contributed by atoms with Crippen molar-refractivity contribution in [3.63, 3.8) is 0 Å². The van der Waals surface area contributed by atoms with Crippen LogP contribution >= 0.6 is 11.6 Å². The monoisotopic (exact) mass is 534 g/mol. The van der Waals surface area contributed by atoms with E-state index in [0.717, 1.165) is 16.8 Å². The Kier molecular flexibility index (Phi) is 7.91. The summed E-state index contributed by atoms with van der Waals surface area (Å²) in [5.41, 5.74) is 8.65. The van der Waals surface area contributed by atoms with Gasteiger partial charge in [0.25, 0.3) is 5.91 Å². The van der Waals surface area contributed by atoms with Gasteiger partial charge in [-0.25, -0.2) is 10.5 Å². The molecule has 0 fully saturated rings. The van der Waals surface area contributed by atoms with Crippen LogP contribution in [0.4, 0.5) is 5.69 Å². The van der Waals surface area contributed by atoms with Crippen LogP contribution in [0.3, 0.4) is 0 Å². The fourth-order valence-corrected chi connectivity index (χ4v) is 4.43. The Morgan fingerprint density at radius 3 is 2.63 bits per heavy atom. The first-order chi connectivity index (χ1) is 18.6. The van der Waals surface area contributed by atoms with Crippen LogP contribution in [0.2, 0.25) is 5.02 Å². The Balaban J connectivity index is 1.27. The second-order valence-corrected chi connectivity index (χ2v) is 9.16. The Hall–Kier alpha value is -4.28. The van der Waals surface area contributed by atoms with E-state index in [0.29, 0.717) is 54.7 Å². The van der Waals surface area contributed by atoms with Gasteiger partial charge in [0.2, 0.25) is 5.91 Å². The Bertz CT molecular complexity index is 1340. The molecule has 2 amide bonds. The van der Waals surface area contributed by atoms with Crippen molar-refractivity contribution in [1.82, 2.24) is 21.7 Å². The molecule has 38 heavy (non-hydrogen) atoms. The summed E-state index contributed by atoms with van der Waals surface area (Å²) in [4.78, 5) is 26.4. The highest BCUT2D eigenvalue weighted by molar-refractivity contribution is 6.30. The lowest BCUT2D eigenvalue weighted by molar-refractivity contribution is -0.122. The lowest BCUT2D eigenvalue weighted by Crippen LogP contribution is -2.48. The van der Waals surface area contributed by atoms with Crippen LogP contribution in [-0.4, -0.2) is 44.0 Å². The van der Waals surface area contributed by atoms with Crippen molar-refractivity contribution < 1.29 is 19.1 Å². The van der Waals surface area contributed by atoms with Crippen LogP contribution in [0.1, 0.15) is 21.5 Å². The molecule has 196 valence electrons. The highest BCUT2D eigenvalue weighted by atomic mass is 35.5. The van der Waals surface area contributed by atoms with Gasteiger partial charge >= 0.3 is 0 Å². The SMILES string of the molecule is O=C(N[C@@H](Cc1ccccc1)C(=O)NCCc1cc(Cl)ccc1N1C=NNN1)c1ccc2c(c1)OCCO2. The van der Waals surface area contributed by atoms with Crippen LogP contribution in [0, 0.1) is 0 Å². The maximum Gasteiger partial charge on any atom is 0.252 e. The van der Waals surface area contributed by atoms with E-state index in [-0.39, 0.29) is 11.8 Å². The zero-order valence-corrected chi connectivity index (χ0v) is 21.2. The Morgan fingerprint density at radius 2 is 1.84 bits per heavy atom. The van der Waals surface area contributed by atoms with Gasteiger partial charge < -0.3 is 20.1 Å². The van der Waals surface area contributed by atoms with Crippen molar-refractivity contribution in [2.24, 2.45) is 5.10 Å². The Morgan fingerprint density at radius 1 is 1.03 bits per heavy atom. The van der Waals surface area contributed by atoms with E-state index in [9.17, 15) is 9.59 Å². The second kappa shape index (κ2) is 11.8. The van der Waals surface area contributed by atoms with E-state index in [2.05, 4.69) is 26.8 Å². The molecule has 0 radical (unpaired) electrons. The van der Waals surface area contributed by atoms with Gasteiger partial charge in [0, 0.05) is 23.6 Å². The predicted molar refractivity (Wildman–Crippen MR) is 144 cm³/mol. The zero-order chi connectivity index (χ0) is 26.3. The summed E-state index contributed by atoms with van der Waals surface area (Å²) in [6, 6.07) is 19.3. The molecule has 4 N–H and O–H groups in total. The number of amides is 2. The lowest BCUT2D eigenvalue weighted by Gasteiger charge is -2.21. The minimum absolute atomic E-state index is 0.286. The summed E-state index contributed by atoms with van der Waals surface area (Å²) in [7, 11) is 0. The minimum Gasteiger partial charge on any atom is -0.486 e. The fraction of sp³-hybridized carbons (Fsp3) is 0.222. The normalized spacial score (nSPS) is 14.5. The molecule has 0 spiro atoms. The molecule has 10 nitrogen and oxygen atoms in total. The number of rotatable bonds is 9. The first kappa shape index (κ1) is 25.4. The molecule has 2 aliphatic rings. The number of carbonyl (C=O) groups excluding carboxylic acids is 2. The number of hydrazone groups is 1. The van der Waals surface area contributed by atoms with E-state index >= 15 is 0 Å². The van der Waals surface area contributed by atoms with Gasteiger partial charge in [-0.15, -0.1) is 5.53 Å². The molecule has 0 aromatic heterocycles. The molecule has 11 heteroatoms. The molecule has 2 heterocycles. The number of carbonyl (C=O) groups is 2. The fourth-order valence-electron chi connectivity index (χ4n) is 4.24. The van der Waals surface area contributed by atoms with E-state index in [1.165, 1.54) is 0 Å². The van der Waals surface area contributed by atoms with E-state index in [1.54, 1.807) is 35.6 Å². The molecule has 0 saturated heterocycles. The van der Waals surface area contributed by atoms with Crippen molar-refractivity contribution in [2.45, 2.75) is 18.9 Å². The average molecular weight is 535 g/mol. The van der Waals surface area contributed by atoms with Gasteiger partial charge in [-0.1, -0.05) is 41.9 Å². The molecule has 3 aromatic carbocycles. The van der Waals surface area contributed by atoms with Crippen LogP contribution in [-0.2, 0) is 17.6 Å². The summed E-state index contributed by atoms with van der Waals surface area (Å²) in [5.74, 6) is 0.448. The highest BCUT2D eigenvalue weighted by Gasteiger charge is 2.23.